The monoisotopic (exact) mass is 426 g/mol. The fourth-order valence-electron chi connectivity index (χ4n) is 2.91. The Balaban J connectivity index is 3.55. The first-order valence-electron chi connectivity index (χ1n) is 11.7. The summed E-state index contributed by atoms with van der Waals surface area (Å²) in [5.74, 6) is -2.46. The van der Waals surface area contributed by atoms with Gasteiger partial charge in [0.25, 0.3) is 0 Å². The highest BCUT2D eigenvalue weighted by molar-refractivity contribution is 5.89. The van der Waals surface area contributed by atoms with Crippen molar-refractivity contribution in [3.63, 3.8) is 0 Å². The standard InChI is InChI=1S/C24H42O6/c1-4-5-6-7-8-9-10-11-12-13-14-15-16-17-18-19-22(26)30-24(28)21(3)29-23(27)20(2)25/h11-12,20-21,25H,4-10,13-19H2,1-3H3. The molecule has 174 valence electrons. The van der Waals surface area contributed by atoms with Crippen LogP contribution in [0.25, 0.3) is 0 Å². The minimum atomic E-state index is -1.33. The number of hydrogen-bond acceptors (Lipinski definition) is 6. The Morgan fingerprint density at radius 2 is 1.27 bits per heavy atom. The van der Waals surface area contributed by atoms with Crippen molar-refractivity contribution in [3.05, 3.63) is 12.2 Å². The second kappa shape index (κ2) is 19.3. The Bertz CT molecular complexity index is 498. The van der Waals surface area contributed by atoms with Crippen LogP contribution in [0.3, 0.4) is 0 Å². The SMILES string of the molecule is CCCCCCCCC=CCCCCCCCC(=O)OC(=O)C(C)OC(=O)C(C)O. The third-order valence-corrected chi connectivity index (χ3v) is 4.82. The highest BCUT2D eigenvalue weighted by Crippen LogP contribution is 2.10. The molecule has 0 radical (unpaired) electrons. The number of aliphatic hydroxyl groups excluding tert-OH is 1. The summed E-state index contributed by atoms with van der Waals surface area (Å²) in [6, 6.07) is 0. The molecule has 0 aromatic heterocycles. The molecule has 0 aliphatic heterocycles. The molecule has 0 fully saturated rings. The van der Waals surface area contributed by atoms with Crippen molar-refractivity contribution < 1.29 is 29.0 Å². The Kier molecular flexibility index (Phi) is 18.2. The first kappa shape index (κ1) is 28.3. The summed E-state index contributed by atoms with van der Waals surface area (Å²) in [7, 11) is 0. The molecule has 0 amide bonds. The molecule has 0 saturated carbocycles. The molecular formula is C24H42O6. The van der Waals surface area contributed by atoms with Crippen molar-refractivity contribution >= 4 is 17.9 Å². The Morgan fingerprint density at radius 1 is 0.767 bits per heavy atom. The van der Waals surface area contributed by atoms with Gasteiger partial charge in [-0.1, -0.05) is 70.4 Å². The summed E-state index contributed by atoms with van der Waals surface area (Å²) in [4.78, 5) is 34.5. The number of hydrogen-bond donors (Lipinski definition) is 1. The fraction of sp³-hybridized carbons (Fsp3) is 0.792. The van der Waals surface area contributed by atoms with E-state index in [0.717, 1.165) is 32.1 Å². The zero-order valence-electron chi connectivity index (χ0n) is 19.2. The maximum atomic E-state index is 11.7. The molecule has 0 aliphatic carbocycles. The smallest absolute Gasteiger partial charge is 0.354 e. The van der Waals surface area contributed by atoms with Gasteiger partial charge in [-0.25, -0.2) is 9.59 Å². The van der Waals surface area contributed by atoms with Gasteiger partial charge in [-0.2, -0.15) is 0 Å². The summed E-state index contributed by atoms with van der Waals surface area (Å²) in [6.45, 7) is 4.78. The van der Waals surface area contributed by atoms with Gasteiger partial charge < -0.3 is 14.6 Å². The molecule has 0 aromatic carbocycles. The largest absolute Gasteiger partial charge is 0.449 e. The van der Waals surface area contributed by atoms with Crippen molar-refractivity contribution in [2.24, 2.45) is 0 Å². The van der Waals surface area contributed by atoms with Gasteiger partial charge in [0.1, 0.15) is 6.10 Å². The van der Waals surface area contributed by atoms with E-state index < -0.39 is 30.1 Å². The van der Waals surface area contributed by atoms with E-state index in [2.05, 4.69) is 28.5 Å². The van der Waals surface area contributed by atoms with E-state index in [4.69, 9.17) is 5.11 Å². The molecule has 0 aromatic rings. The maximum absolute atomic E-state index is 11.7. The number of ether oxygens (including phenoxy) is 2. The van der Waals surface area contributed by atoms with Crippen molar-refractivity contribution in [1.82, 2.24) is 0 Å². The summed E-state index contributed by atoms with van der Waals surface area (Å²) >= 11 is 0. The summed E-state index contributed by atoms with van der Waals surface area (Å²) in [6.07, 6.45) is 17.4. The Labute approximate surface area is 182 Å². The van der Waals surface area contributed by atoms with Gasteiger partial charge >= 0.3 is 17.9 Å². The van der Waals surface area contributed by atoms with E-state index in [1.165, 1.54) is 58.8 Å². The quantitative estimate of drug-likeness (QED) is 0.136. The molecule has 30 heavy (non-hydrogen) atoms. The Morgan fingerprint density at radius 3 is 1.80 bits per heavy atom. The number of allylic oxidation sites excluding steroid dienone is 2. The van der Waals surface area contributed by atoms with E-state index in [1.54, 1.807) is 0 Å². The van der Waals surface area contributed by atoms with Crippen LogP contribution in [-0.4, -0.2) is 35.2 Å². The van der Waals surface area contributed by atoms with E-state index in [9.17, 15) is 14.4 Å². The van der Waals surface area contributed by atoms with Gasteiger partial charge in [0.15, 0.2) is 6.10 Å². The van der Waals surface area contributed by atoms with Crippen LogP contribution in [-0.2, 0) is 23.9 Å². The number of unbranched alkanes of at least 4 members (excludes halogenated alkanes) is 11. The lowest BCUT2D eigenvalue weighted by molar-refractivity contribution is -0.176. The van der Waals surface area contributed by atoms with Gasteiger partial charge in [0, 0.05) is 6.42 Å². The fourth-order valence-corrected chi connectivity index (χ4v) is 2.91. The summed E-state index contributed by atoms with van der Waals surface area (Å²) < 4.78 is 9.35. The molecule has 0 bridgehead atoms. The maximum Gasteiger partial charge on any atom is 0.354 e. The normalized spacial score (nSPS) is 13.2. The van der Waals surface area contributed by atoms with Crippen molar-refractivity contribution in [2.45, 2.75) is 123 Å². The van der Waals surface area contributed by atoms with Crippen LogP contribution in [0.2, 0.25) is 0 Å². The lowest BCUT2D eigenvalue weighted by atomic mass is 10.1. The number of carbonyl (C=O) groups is 3. The zero-order chi connectivity index (χ0) is 22.6. The van der Waals surface area contributed by atoms with Crippen LogP contribution in [0, 0.1) is 0 Å². The van der Waals surface area contributed by atoms with Gasteiger partial charge in [-0.05, 0) is 46.0 Å². The molecule has 0 aliphatic rings. The van der Waals surface area contributed by atoms with Gasteiger partial charge in [0.2, 0.25) is 0 Å². The van der Waals surface area contributed by atoms with Gasteiger partial charge in [0.05, 0.1) is 0 Å². The molecule has 6 nitrogen and oxygen atoms in total. The molecule has 6 heteroatoms. The molecule has 0 heterocycles. The molecular weight excluding hydrogens is 384 g/mol. The summed E-state index contributed by atoms with van der Waals surface area (Å²) in [5.41, 5.74) is 0. The number of rotatable bonds is 18. The lowest BCUT2D eigenvalue weighted by Gasteiger charge is -2.12. The topological polar surface area (TPSA) is 89.9 Å². The minimum Gasteiger partial charge on any atom is -0.449 e. The Hall–Kier alpha value is -1.69. The van der Waals surface area contributed by atoms with E-state index in [1.807, 2.05) is 0 Å². The first-order chi connectivity index (χ1) is 14.4. The highest BCUT2D eigenvalue weighted by Gasteiger charge is 2.23. The van der Waals surface area contributed by atoms with E-state index in [0.29, 0.717) is 6.42 Å². The molecule has 2 atom stereocenters. The average Bonchev–Trinajstić information content (AvgIpc) is 2.70. The molecule has 1 N–H and O–H groups in total. The van der Waals surface area contributed by atoms with Crippen LogP contribution in [0.15, 0.2) is 12.2 Å². The number of aliphatic hydroxyl groups is 1. The van der Waals surface area contributed by atoms with Gasteiger partial charge in [-0.3, -0.25) is 4.79 Å². The van der Waals surface area contributed by atoms with Crippen molar-refractivity contribution in [1.29, 1.82) is 0 Å². The second-order valence-corrected chi connectivity index (χ2v) is 7.88. The average molecular weight is 427 g/mol. The van der Waals surface area contributed by atoms with E-state index >= 15 is 0 Å². The molecule has 0 saturated heterocycles. The number of esters is 3. The molecule has 2 unspecified atom stereocenters. The highest BCUT2D eigenvalue weighted by atomic mass is 16.6. The van der Waals surface area contributed by atoms with Crippen LogP contribution < -0.4 is 0 Å². The first-order valence-corrected chi connectivity index (χ1v) is 11.7. The van der Waals surface area contributed by atoms with Gasteiger partial charge in [-0.15, -0.1) is 0 Å². The lowest BCUT2D eigenvalue weighted by Crippen LogP contribution is -2.31. The molecule has 0 spiro atoms. The third kappa shape index (κ3) is 17.2. The summed E-state index contributed by atoms with van der Waals surface area (Å²) in [5, 5.41) is 9.04. The van der Waals surface area contributed by atoms with Crippen LogP contribution in [0.5, 0.6) is 0 Å². The third-order valence-electron chi connectivity index (χ3n) is 4.82. The van der Waals surface area contributed by atoms with Crippen molar-refractivity contribution in [2.75, 3.05) is 0 Å². The van der Waals surface area contributed by atoms with Crippen LogP contribution in [0.4, 0.5) is 0 Å². The van der Waals surface area contributed by atoms with Crippen molar-refractivity contribution in [3.8, 4) is 0 Å². The molecule has 0 rings (SSSR count). The van der Waals surface area contributed by atoms with Crippen LogP contribution in [0.1, 0.15) is 111 Å². The van der Waals surface area contributed by atoms with Crippen LogP contribution >= 0.6 is 0 Å². The predicted molar refractivity (Wildman–Crippen MR) is 118 cm³/mol. The zero-order valence-corrected chi connectivity index (χ0v) is 19.2. The minimum absolute atomic E-state index is 0.168. The van der Waals surface area contributed by atoms with E-state index in [-0.39, 0.29) is 6.42 Å². The second-order valence-electron chi connectivity index (χ2n) is 7.88. The number of carbonyl (C=O) groups excluding carboxylic acids is 3. The predicted octanol–water partition coefficient (Wildman–Crippen LogP) is 5.41.